The molecule has 1 aromatic carbocycles. The van der Waals surface area contributed by atoms with Crippen molar-refractivity contribution < 1.29 is 0 Å². The Labute approximate surface area is 126 Å². The van der Waals surface area contributed by atoms with Gasteiger partial charge in [0.2, 0.25) is 0 Å². The van der Waals surface area contributed by atoms with E-state index in [0.717, 1.165) is 35.9 Å². The number of aromatic nitrogens is 2. The van der Waals surface area contributed by atoms with Crippen LogP contribution >= 0.6 is 0 Å². The Morgan fingerprint density at radius 1 is 1.14 bits per heavy atom. The van der Waals surface area contributed by atoms with Crippen LogP contribution in [0.25, 0.3) is 11.3 Å². The van der Waals surface area contributed by atoms with Gasteiger partial charge in [-0.25, -0.2) is 9.97 Å². The Kier molecular flexibility index (Phi) is 3.66. The topological polar surface area (TPSA) is 37.8 Å². The van der Waals surface area contributed by atoms with Crippen LogP contribution < -0.4 is 5.32 Å². The Hall–Kier alpha value is -1.90. The molecule has 1 heterocycles. The van der Waals surface area contributed by atoms with Crippen molar-refractivity contribution >= 4 is 5.82 Å². The molecule has 0 spiro atoms. The molecule has 0 amide bonds. The van der Waals surface area contributed by atoms with Gasteiger partial charge in [-0.15, -0.1) is 0 Å². The molecule has 3 rings (SSSR count). The minimum atomic E-state index is 0.180. The van der Waals surface area contributed by atoms with Gasteiger partial charge in [0.25, 0.3) is 0 Å². The highest BCUT2D eigenvalue weighted by atomic mass is 15.0. The highest BCUT2D eigenvalue weighted by Crippen LogP contribution is 2.47. The fourth-order valence-electron chi connectivity index (χ4n) is 2.49. The molecule has 0 atom stereocenters. The molecule has 1 aliphatic rings. The van der Waals surface area contributed by atoms with Crippen molar-refractivity contribution in [3.63, 3.8) is 0 Å². The Bertz CT molecular complexity index is 630. The lowest BCUT2D eigenvalue weighted by atomic mass is 10.0. The molecule has 0 aliphatic heterocycles. The van der Waals surface area contributed by atoms with E-state index >= 15 is 0 Å². The van der Waals surface area contributed by atoms with Crippen LogP contribution in [0.1, 0.15) is 44.5 Å². The van der Waals surface area contributed by atoms with E-state index < -0.39 is 0 Å². The van der Waals surface area contributed by atoms with Gasteiger partial charge in [-0.2, -0.15) is 0 Å². The summed E-state index contributed by atoms with van der Waals surface area (Å²) in [5.41, 5.74) is 3.55. The first-order chi connectivity index (χ1) is 10.1. The first-order valence-corrected chi connectivity index (χ1v) is 7.82. The highest BCUT2D eigenvalue weighted by Gasteiger charge is 2.42. The molecule has 1 aliphatic carbocycles. The average molecular weight is 281 g/mol. The predicted octanol–water partition coefficient (Wildman–Crippen LogP) is 4.33. The van der Waals surface area contributed by atoms with E-state index in [1.807, 2.05) is 6.07 Å². The van der Waals surface area contributed by atoms with Gasteiger partial charge in [0, 0.05) is 23.1 Å². The molecule has 2 aromatic rings. The van der Waals surface area contributed by atoms with Crippen molar-refractivity contribution in [2.75, 3.05) is 11.9 Å². The third kappa shape index (κ3) is 2.78. The molecular weight excluding hydrogens is 258 g/mol. The van der Waals surface area contributed by atoms with Crippen molar-refractivity contribution in [2.45, 2.75) is 45.4 Å². The van der Waals surface area contributed by atoms with E-state index in [4.69, 9.17) is 9.97 Å². The van der Waals surface area contributed by atoms with Gasteiger partial charge in [-0.1, -0.05) is 44.2 Å². The molecule has 0 unspecified atom stereocenters. The maximum absolute atomic E-state index is 4.89. The molecule has 0 radical (unpaired) electrons. The fourth-order valence-corrected chi connectivity index (χ4v) is 2.49. The summed E-state index contributed by atoms with van der Waals surface area (Å²) in [4.78, 5) is 9.70. The third-order valence-corrected chi connectivity index (χ3v) is 4.28. The number of hydrogen-bond donors (Lipinski definition) is 1. The maximum atomic E-state index is 4.89. The van der Waals surface area contributed by atoms with E-state index in [9.17, 15) is 0 Å². The summed E-state index contributed by atoms with van der Waals surface area (Å²) in [7, 11) is 0. The first-order valence-electron chi connectivity index (χ1n) is 7.82. The number of benzene rings is 1. The summed E-state index contributed by atoms with van der Waals surface area (Å²) in [6, 6.07) is 10.4. The van der Waals surface area contributed by atoms with Gasteiger partial charge in [0.15, 0.2) is 0 Å². The molecule has 1 aromatic heterocycles. The highest BCUT2D eigenvalue weighted by molar-refractivity contribution is 5.68. The summed E-state index contributed by atoms with van der Waals surface area (Å²) in [6.07, 6.45) is 3.48. The second-order valence-corrected chi connectivity index (χ2v) is 6.22. The second kappa shape index (κ2) is 5.47. The number of nitrogens with zero attached hydrogens (tertiary/aromatic N) is 2. The van der Waals surface area contributed by atoms with Gasteiger partial charge in [-0.3, -0.25) is 0 Å². The van der Waals surface area contributed by atoms with Gasteiger partial charge in [0.1, 0.15) is 11.6 Å². The predicted molar refractivity (Wildman–Crippen MR) is 87.6 cm³/mol. The lowest BCUT2D eigenvalue weighted by Crippen LogP contribution is -2.13. The fraction of sp³-hybridized carbons (Fsp3) is 0.444. The summed E-state index contributed by atoms with van der Waals surface area (Å²) < 4.78 is 0. The number of hydrogen-bond acceptors (Lipinski definition) is 3. The molecule has 0 bridgehead atoms. The molecule has 1 fully saturated rings. The molecule has 1 N–H and O–H groups in total. The second-order valence-electron chi connectivity index (χ2n) is 6.22. The van der Waals surface area contributed by atoms with Crippen molar-refractivity contribution in [3.8, 4) is 11.3 Å². The molecular formula is C18H23N3. The summed E-state index contributed by atoms with van der Waals surface area (Å²) in [5, 5.41) is 3.46. The first kappa shape index (κ1) is 14.1. The van der Waals surface area contributed by atoms with E-state index in [-0.39, 0.29) is 5.41 Å². The van der Waals surface area contributed by atoms with Crippen LogP contribution in [0.15, 0.2) is 30.3 Å². The minimum Gasteiger partial charge on any atom is -0.370 e. The Balaban J connectivity index is 2.09. The zero-order chi connectivity index (χ0) is 14.9. The summed E-state index contributed by atoms with van der Waals surface area (Å²) in [6.45, 7) is 7.49. The zero-order valence-electron chi connectivity index (χ0n) is 13.1. The van der Waals surface area contributed by atoms with E-state index in [0.29, 0.717) is 0 Å². The van der Waals surface area contributed by atoms with Crippen molar-refractivity contribution in [2.24, 2.45) is 0 Å². The lowest BCUT2D eigenvalue weighted by Gasteiger charge is -2.16. The summed E-state index contributed by atoms with van der Waals surface area (Å²) in [5.74, 6) is 1.99. The largest absolute Gasteiger partial charge is 0.370 e. The SMILES string of the molecule is CCCNc1nc(C2(C)CC2)nc(-c2ccccc2)c1C. The van der Waals surface area contributed by atoms with E-state index in [1.165, 1.54) is 18.4 Å². The average Bonchev–Trinajstić information content (AvgIpc) is 3.26. The third-order valence-electron chi connectivity index (χ3n) is 4.28. The van der Waals surface area contributed by atoms with Crippen molar-refractivity contribution in [1.29, 1.82) is 0 Å². The molecule has 1 saturated carbocycles. The molecule has 3 nitrogen and oxygen atoms in total. The van der Waals surface area contributed by atoms with Gasteiger partial charge in [0.05, 0.1) is 5.69 Å². The number of anilines is 1. The van der Waals surface area contributed by atoms with Crippen LogP contribution in [0.5, 0.6) is 0 Å². The van der Waals surface area contributed by atoms with Gasteiger partial charge < -0.3 is 5.32 Å². The van der Waals surface area contributed by atoms with Crippen molar-refractivity contribution in [3.05, 3.63) is 41.7 Å². The molecule has 21 heavy (non-hydrogen) atoms. The van der Waals surface area contributed by atoms with Crippen LogP contribution in [-0.4, -0.2) is 16.5 Å². The van der Waals surface area contributed by atoms with Gasteiger partial charge in [-0.05, 0) is 26.2 Å². The standard InChI is InChI=1S/C18H23N3/c1-4-12-19-16-13(2)15(14-8-6-5-7-9-14)20-17(21-16)18(3)10-11-18/h5-9H,4,10-12H2,1-3H3,(H,19,20,21). The Morgan fingerprint density at radius 3 is 2.48 bits per heavy atom. The molecule has 110 valence electrons. The van der Waals surface area contributed by atoms with Crippen LogP contribution in [0.3, 0.4) is 0 Å². The summed E-state index contributed by atoms with van der Waals surface area (Å²) >= 11 is 0. The maximum Gasteiger partial charge on any atom is 0.137 e. The van der Waals surface area contributed by atoms with Crippen LogP contribution in [-0.2, 0) is 5.41 Å². The normalized spacial score (nSPS) is 15.8. The van der Waals surface area contributed by atoms with Crippen LogP contribution in [0, 0.1) is 6.92 Å². The van der Waals surface area contributed by atoms with E-state index in [2.05, 4.69) is 50.4 Å². The number of rotatable bonds is 5. The molecule has 3 heteroatoms. The minimum absolute atomic E-state index is 0.180. The lowest BCUT2D eigenvalue weighted by molar-refractivity contribution is 0.708. The molecule has 0 saturated heterocycles. The zero-order valence-corrected chi connectivity index (χ0v) is 13.1. The van der Waals surface area contributed by atoms with E-state index in [1.54, 1.807) is 0 Å². The van der Waals surface area contributed by atoms with Gasteiger partial charge >= 0.3 is 0 Å². The number of nitrogens with one attached hydrogen (secondary N) is 1. The van der Waals surface area contributed by atoms with Crippen molar-refractivity contribution in [1.82, 2.24) is 9.97 Å². The van der Waals surface area contributed by atoms with Crippen LogP contribution in [0.2, 0.25) is 0 Å². The smallest absolute Gasteiger partial charge is 0.137 e. The quantitative estimate of drug-likeness (QED) is 0.886. The Morgan fingerprint density at radius 2 is 1.86 bits per heavy atom. The van der Waals surface area contributed by atoms with Crippen LogP contribution in [0.4, 0.5) is 5.82 Å². The monoisotopic (exact) mass is 281 g/mol.